The standard InChI is InChI=1S/C21H30N4O5S/c26-20(22-9-11-24(12-10-22)21(27)23-7-2-1-3-8-23)18-5-4-6-19(17-18)31(28,29)25-13-15-30-16-14-25/h4-6,17H,1-3,7-16H2. The van der Waals surface area contributed by atoms with Crippen LogP contribution in [0.5, 0.6) is 0 Å². The van der Waals surface area contributed by atoms with Crippen LogP contribution in [0.4, 0.5) is 4.79 Å². The molecule has 10 heteroatoms. The third-order valence-corrected chi connectivity index (χ3v) is 8.05. The molecule has 0 saturated carbocycles. The van der Waals surface area contributed by atoms with E-state index < -0.39 is 10.0 Å². The minimum Gasteiger partial charge on any atom is -0.379 e. The number of piperazine rings is 1. The maximum absolute atomic E-state index is 13.0. The first-order valence-corrected chi connectivity index (χ1v) is 12.4. The molecule has 4 rings (SSSR count). The van der Waals surface area contributed by atoms with E-state index in [1.165, 1.54) is 22.9 Å². The van der Waals surface area contributed by atoms with Crippen LogP contribution in [0.15, 0.2) is 29.2 Å². The van der Waals surface area contributed by atoms with E-state index >= 15 is 0 Å². The Morgan fingerprint density at radius 2 is 1.39 bits per heavy atom. The zero-order valence-corrected chi connectivity index (χ0v) is 18.6. The van der Waals surface area contributed by atoms with E-state index in [9.17, 15) is 18.0 Å². The van der Waals surface area contributed by atoms with Gasteiger partial charge in [-0.25, -0.2) is 13.2 Å². The van der Waals surface area contributed by atoms with Gasteiger partial charge in [-0.15, -0.1) is 0 Å². The SMILES string of the molecule is O=C(c1cccc(S(=O)(=O)N2CCOCC2)c1)N1CCN(C(=O)N2CCCCC2)CC1. The normalized spacial score (nSPS) is 21.2. The molecule has 0 spiro atoms. The zero-order valence-electron chi connectivity index (χ0n) is 17.7. The lowest BCUT2D eigenvalue weighted by atomic mass is 10.1. The van der Waals surface area contributed by atoms with Crippen LogP contribution in [0.3, 0.4) is 0 Å². The lowest BCUT2D eigenvalue weighted by molar-refractivity contribution is 0.0632. The van der Waals surface area contributed by atoms with Gasteiger partial charge in [0.15, 0.2) is 0 Å². The van der Waals surface area contributed by atoms with Gasteiger partial charge in [0.25, 0.3) is 5.91 Å². The molecule has 1 aromatic carbocycles. The van der Waals surface area contributed by atoms with E-state index in [0.717, 1.165) is 25.9 Å². The van der Waals surface area contributed by atoms with Crippen LogP contribution in [0, 0.1) is 0 Å². The predicted molar refractivity (Wildman–Crippen MR) is 114 cm³/mol. The summed E-state index contributed by atoms with van der Waals surface area (Å²) in [6, 6.07) is 6.29. The second kappa shape index (κ2) is 9.54. The van der Waals surface area contributed by atoms with Gasteiger partial charge in [-0.2, -0.15) is 4.31 Å². The summed E-state index contributed by atoms with van der Waals surface area (Å²) in [7, 11) is -3.66. The van der Waals surface area contributed by atoms with E-state index in [1.807, 2.05) is 9.80 Å². The molecule has 0 N–H and O–H groups in total. The van der Waals surface area contributed by atoms with Gasteiger partial charge in [-0.05, 0) is 37.5 Å². The number of ether oxygens (including phenoxy) is 1. The first-order valence-electron chi connectivity index (χ1n) is 11.0. The minimum absolute atomic E-state index is 0.0606. The molecule has 9 nitrogen and oxygen atoms in total. The molecule has 0 aromatic heterocycles. The molecule has 3 saturated heterocycles. The Bertz CT molecular complexity index is 902. The first-order chi connectivity index (χ1) is 15.0. The first kappa shape index (κ1) is 22.0. The highest BCUT2D eigenvalue weighted by molar-refractivity contribution is 7.89. The third-order valence-electron chi connectivity index (χ3n) is 6.15. The lowest BCUT2D eigenvalue weighted by Crippen LogP contribution is -2.54. The van der Waals surface area contributed by atoms with Crippen LogP contribution in [-0.2, 0) is 14.8 Å². The fourth-order valence-corrected chi connectivity index (χ4v) is 5.75. The molecule has 170 valence electrons. The van der Waals surface area contributed by atoms with Crippen LogP contribution >= 0.6 is 0 Å². The van der Waals surface area contributed by atoms with E-state index in [1.54, 1.807) is 17.0 Å². The number of amides is 3. The van der Waals surface area contributed by atoms with E-state index in [0.29, 0.717) is 58.0 Å². The quantitative estimate of drug-likeness (QED) is 0.687. The number of morpholine rings is 1. The van der Waals surface area contributed by atoms with Crippen molar-refractivity contribution in [2.24, 2.45) is 0 Å². The summed E-state index contributed by atoms with van der Waals surface area (Å²) in [5, 5.41) is 0. The van der Waals surface area contributed by atoms with Crippen molar-refractivity contribution in [3.63, 3.8) is 0 Å². The summed E-state index contributed by atoms with van der Waals surface area (Å²) in [4.78, 5) is 31.2. The fraction of sp³-hybridized carbons (Fsp3) is 0.619. The Hall–Kier alpha value is -2.17. The topological polar surface area (TPSA) is 90.5 Å². The summed E-state index contributed by atoms with van der Waals surface area (Å²) in [5.74, 6) is -0.205. The monoisotopic (exact) mass is 450 g/mol. The Kier molecular flexibility index (Phi) is 6.78. The van der Waals surface area contributed by atoms with Crippen LogP contribution in [-0.4, -0.2) is 105 Å². The van der Waals surface area contributed by atoms with Gasteiger partial charge >= 0.3 is 6.03 Å². The van der Waals surface area contributed by atoms with Crippen LogP contribution < -0.4 is 0 Å². The molecule has 1 aromatic rings. The average molecular weight is 451 g/mol. The predicted octanol–water partition coefficient (Wildman–Crippen LogP) is 1.07. The van der Waals surface area contributed by atoms with Crippen LogP contribution in [0.25, 0.3) is 0 Å². The van der Waals surface area contributed by atoms with Gasteiger partial charge in [-0.3, -0.25) is 4.79 Å². The van der Waals surface area contributed by atoms with Crippen LogP contribution in [0.2, 0.25) is 0 Å². The minimum atomic E-state index is -3.66. The molecule has 31 heavy (non-hydrogen) atoms. The Morgan fingerprint density at radius 1 is 0.774 bits per heavy atom. The van der Waals surface area contributed by atoms with Crippen molar-refractivity contribution in [1.29, 1.82) is 0 Å². The largest absolute Gasteiger partial charge is 0.379 e. The summed E-state index contributed by atoms with van der Waals surface area (Å²) in [6.45, 7) is 4.86. The second-order valence-corrected chi connectivity index (χ2v) is 10.1. The van der Waals surface area contributed by atoms with Crippen LogP contribution in [0.1, 0.15) is 29.6 Å². The number of urea groups is 1. The van der Waals surface area contributed by atoms with Gasteiger partial charge in [0, 0.05) is 57.9 Å². The fourth-order valence-electron chi connectivity index (χ4n) is 4.29. The summed E-state index contributed by atoms with van der Waals surface area (Å²) in [6.07, 6.45) is 3.27. The Morgan fingerprint density at radius 3 is 2.06 bits per heavy atom. The molecule has 0 atom stereocenters. The molecule has 0 bridgehead atoms. The lowest BCUT2D eigenvalue weighted by Gasteiger charge is -2.38. The van der Waals surface area contributed by atoms with Crippen molar-refractivity contribution >= 4 is 22.0 Å². The number of hydrogen-bond donors (Lipinski definition) is 0. The number of hydrogen-bond acceptors (Lipinski definition) is 5. The molecular formula is C21H30N4O5S. The number of sulfonamides is 1. The second-order valence-electron chi connectivity index (χ2n) is 8.15. The zero-order chi connectivity index (χ0) is 21.8. The molecule has 3 amide bonds. The highest BCUT2D eigenvalue weighted by Gasteiger charge is 2.30. The summed E-state index contributed by atoms with van der Waals surface area (Å²) < 4.78 is 32.4. The van der Waals surface area contributed by atoms with E-state index in [-0.39, 0.29) is 16.8 Å². The molecule has 3 aliphatic rings. The van der Waals surface area contributed by atoms with E-state index in [2.05, 4.69) is 0 Å². The molecule has 0 aliphatic carbocycles. The average Bonchev–Trinajstić information content (AvgIpc) is 2.84. The highest BCUT2D eigenvalue weighted by atomic mass is 32.2. The molecular weight excluding hydrogens is 420 g/mol. The number of nitrogens with zero attached hydrogens (tertiary/aromatic N) is 4. The van der Waals surface area contributed by atoms with Crippen molar-refractivity contribution in [1.82, 2.24) is 19.0 Å². The maximum atomic E-state index is 13.0. The van der Waals surface area contributed by atoms with Gasteiger partial charge < -0.3 is 19.4 Å². The molecule has 3 heterocycles. The number of rotatable bonds is 3. The Balaban J connectivity index is 1.39. The van der Waals surface area contributed by atoms with Crippen molar-refractivity contribution in [3.05, 3.63) is 29.8 Å². The van der Waals surface area contributed by atoms with E-state index in [4.69, 9.17) is 4.74 Å². The summed E-state index contributed by atoms with van der Waals surface area (Å²) >= 11 is 0. The maximum Gasteiger partial charge on any atom is 0.320 e. The van der Waals surface area contributed by atoms with Gasteiger partial charge in [-0.1, -0.05) is 6.07 Å². The molecule has 0 unspecified atom stereocenters. The van der Waals surface area contributed by atoms with Crippen molar-refractivity contribution in [2.75, 3.05) is 65.6 Å². The summed E-state index contributed by atoms with van der Waals surface area (Å²) in [5.41, 5.74) is 0.352. The highest BCUT2D eigenvalue weighted by Crippen LogP contribution is 2.20. The number of benzene rings is 1. The van der Waals surface area contributed by atoms with Gasteiger partial charge in [0.05, 0.1) is 18.1 Å². The van der Waals surface area contributed by atoms with Crippen molar-refractivity contribution in [3.8, 4) is 0 Å². The van der Waals surface area contributed by atoms with Gasteiger partial charge in [0.2, 0.25) is 10.0 Å². The molecule has 0 radical (unpaired) electrons. The number of piperidine rings is 1. The third kappa shape index (κ3) is 4.86. The van der Waals surface area contributed by atoms with Crippen molar-refractivity contribution < 1.29 is 22.7 Å². The van der Waals surface area contributed by atoms with Gasteiger partial charge in [0.1, 0.15) is 0 Å². The molecule has 3 fully saturated rings. The number of carbonyl (C=O) groups is 2. The number of carbonyl (C=O) groups excluding carboxylic acids is 2. The smallest absolute Gasteiger partial charge is 0.320 e. The molecule has 3 aliphatic heterocycles. The van der Waals surface area contributed by atoms with Crippen molar-refractivity contribution in [2.45, 2.75) is 24.2 Å². The Labute approximate surface area is 183 Å². The number of likely N-dealkylation sites (tertiary alicyclic amines) is 1.